The number of piperidine rings is 1. The first-order valence-electron chi connectivity index (χ1n) is 9.49. The second-order valence-corrected chi connectivity index (χ2v) is 8.09. The van der Waals surface area contributed by atoms with E-state index in [9.17, 15) is 9.59 Å². The Balaban J connectivity index is 1.78. The van der Waals surface area contributed by atoms with Crippen LogP contribution in [0.15, 0.2) is 4.52 Å². The van der Waals surface area contributed by atoms with Crippen molar-refractivity contribution in [3.8, 4) is 0 Å². The van der Waals surface area contributed by atoms with Crippen LogP contribution in [-0.4, -0.2) is 77.0 Å². The van der Waals surface area contributed by atoms with E-state index >= 15 is 0 Å². The summed E-state index contributed by atoms with van der Waals surface area (Å²) in [5.74, 6) is 1.23. The molecular weight excluding hydrogens is 332 g/mol. The van der Waals surface area contributed by atoms with Crippen molar-refractivity contribution in [2.24, 2.45) is 5.92 Å². The number of aromatic nitrogens is 1. The summed E-state index contributed by atoms with van der Waals surface area (Å²) in [6.07, 6.45) is 1.36. The highest BCUT2D eigenvalue weighted by molar-refractivity contribution is 5.96. The molecule has 0 aromatic carbocycles. The van der Waals surface area contributed by atoms with Crippen LogP contribution < -0.4 is 0 Å². The van der Waals surface area contributed by atoms with Crippen molar-refractivity contribution in [2.75, 3.05) is 39.8 Å². The molecule has 0 atom stereocenters. The maximum absolute atomic E-state index is 13.1. The van der Waals surface area contributed by atoms with E-state index in [1.165, 1.54) is 0 Å². The number of hydrogen-bond acceptors (Lipinski definition) is 5. The Labute approximate surface area is 155 Å². The summed E-state index contributed by atoms with van der Waals surface area (Å²) in [6.45, 7) is 11.7. The van der Waals surface area contributed by atoms with Gasteiger partial charge in [0.15, 0.2) is 0 Å². The normalized spacial score (nSPS) is 21.1. The first kappa shape index (κ1) is 18.9. The average Bonchev–Trinajstić information content (AvgIpc) is 2.94. The molecule has 1 aromatic heterocycles. The molecule has 144 valence electrons. The van der Waals surface area contributed by atoms with E-state index in [0.29, 0.717) is 48.9 Å². The maximum atomic E-state index is 13.1. The maximum Gasteiger partial charge on any atom is 0.259 e. The van der Waals surface area contributed by atoms with Gasteiger partial charge in [-0.2, -0.15) is 0 Å². The molecule has 3 rings (SSSR count). The zero-order valence-electron chi connectivity index (χ0n) is 16.5. The van der Waals surface area contributed by atoms with E-state index in [2.05, 4.69) is 23.9 Å². The Kier molecular flexibility index (Phi) is 5.10. The van der Waals surface area contributed by atoms with Crippen molar-refractivity contribution in [1.29, 1.82) is 0 Å². The summed E-state index contributed by atoms with van der Waals surface area (Å²) in [5.41, 5.74) is 0.724. The number of aryl methyl sites for hydroxylation is 2. The number of likely N-dealkylation sites (N-methyl/N-ethyl adjacent to an activating group) is 1. The number of piperazine rings is 1. The Hall–Kier alpha value is -1.89. The van der Waals surface area contributed by atoms with Gasteiger partial charge >= 0.3 is 0 Å². The minimum atomic E-state index is -0.465. The fourth-order valence-corrected chi connectivity index (χ4v) is 4.34. The zero-order valence-corrected chi connectivity index (χ0v) is 16.5. The van der Waals surface area contributed by atoms with Crippen LogP contribution in [0.5, 0.6) is 0 Å². The van der Waals surface area contributed by atoms with Crippen molar-refractivity contribution in [1.82, 2.24) is 19.9 Å². The first-order valence-corrected chi connectivity index (χ1v) is 9.49. The van der Waals surface area contributed by atoms with Crippen LogP contribution in [0.4, 0.5) is 0 Å². The number of carbonyl (C=O) groups is 2. The lowest BCUT2D eigenvalue weighted by molar-refractivity contribution is -0.154. The van der Waals surface area contributed by atoms with Gasteiger partial charge in [0.05, 0.1) is 5.69 Å². The van der Waals surface area contributed by atoms with E-state index in [1.54, 1.807) is 13.8 Å². The SMILES string of the molecule is Cc1noc(C)c1C(=O)N1CCC2(CC1)C(=O)N(C)CCN2CC(C)C. The van der Waals surface area contributed by atoms with Gasteiger partial charge in [0.25, 0.3) is 5.91 Å². The number of amides is 2. The predicted molar refractivity (Wildman–Crippen MR) is 97.9 cm³/mol. The van der Waals surface area contributed by atoms with Gasteiger partial charge in [0.1, 0.15) is 16.9 Å². The number of nitrogens with zero attached hydrogens (tertiary/aromatic N) is 4. The Morgan fingerprint density at radius 3 is 2.38 bits per heavy atom. The van der Waals surface area contributed by atoms with Gasteiger partial charge in [-0.25, -0.2) is 0 Å². The molecule has 0 unspecified atom stereocenters. The highest BCUT2D eigenvalue weighted by atomic mass is 16.5. The van der Waals surface area contributed by atoms with Gasteiger partial charge in [-0.05, 0) is 32.6 Å². The summed E-state index contributed by atoms with van der Waals surface area (Å²) in [7, 11) is 1.89. The Morgan fingerprint density at radius 2 is 1.85 bits per heavy atom. The number of hydrogen-bond donors (Lipinski definition) is 0. The van der Waals surface area contributed by atoms with Crippen LogP contribution in [0.2, 0.25) is 0 Å². The first-order chi connectivity index (χ1) is 12.3. The smallest absolute Gasteiger partial charge is 0.259 e. The molecule has 1 spiro atoms. The predicted octanol–water partition coefficient (Wildman–Crippen LogP) is 1.70. The molecule has 0 bridgehead atoms. The molecule has 0 N–H and O–H groups in total. The molecule has 7 nitrogen and oxygen atoms in total. The summed E-state index contributed by atoms with van der Waals surface area (Å²) < 4.78 is 5.14. The third-order valence-corrected chi connectivity index (χ3v) is 5.77. The molecule has 0 saturated carbocycles. The van der Waals surface area contributed by atoms with Crippen molar-refractivity contribution < 1.29 is 14.1 Å². The fourth-order valence-electron chi connectivity index (χ4n) is 4.34. The summed E-state index contributed by atoms with van der Waals surface area (Å²) in [4.78, 5) is 32.0. The zero-order chi connectivity index (χ0) is 19.1. The van der Waals surface area contributed by atoms with Crippen LogP contribution in [0.1, 0.15) is 48.5 Å². The largest absolute Gasteiger partial charge is 0.361 e. The average molecular weight is 362 g/mol. The number of likely N-dealkylation sites (tertiary alicyclic amines) is 1. The highest BCUT2D eigenvalue weighted by Crippen LogP contribution is 2.34. The summed E-state index contributed by atoms with van der Waals surface area (Å²) in [6, 6.07) is 0. The molecule has 2 saturated heterocycles. The van der Waals surface area contributed by atoms with Crippen LogP contribution in [0.3, 0.4) is 0 Å². The minimum Gasteiger partial charge on any atom is -0.361 e. The molecule has 26 heavy (non-hydrogen) atoms. The second-order valence-electron chi connectivity index (χ2n) is 8.09. The quantitative estimate of drug-likeness (QED) is 0.818. The molecular formula is C19H30N4O3. The van der Waals surface area contributed by atoms with E-state index in [1.807, 2.05) is 16.8 Å². The van der Waals surface area contributed by atoms with Gasteiger partial charge in [-0.3, -0.25) is 14.5 Å². The minimum absolute atomic E-state index is 0.0388. The molecule has 2 amide bonds. The van der Waals surface area contributed by atoms with Crippen LogP contribution in [0, 0.1) is 19.8 Å². The van der Waals surface area contributed by atoms with Crippen LogP contribution in [0.25, 0.3) is 0 Å². The lowest BCUT2D eigenvalue weighted by Crippen LogP contribution is -2.68. The topological polar surface area (TPSA) is 69.9 Å². The van der Waals surface area contributed by atoms with Gasteiger partial charge in [-0.15, -0.1) is 0 Å². The molecule has 0 aliphatic carbocycles. The summed E-state index contributed by atoms with van der Waals surface area (Å²) in [5, 5.41) is 3.89. The lowest BCUT2D eigenvalue weighted by Gasteiger charge is -2.52. The molecule has 2 fully saturated rings. The van der Waals surface area contributed by atoms with Crippen molar-refractivity contribution >= 4 is 11.8 Å². The number of carbonyl (C=O) groups excluding carboxylic acids is 2. The van der Waals surface area contributed by atoms with E-state index in [-0.39, 0.29) is 11.8 Å². The van der Waals surface area contributed by atoms with Crippen molar-refractivity contribution in [2.45, 2.75) is 46.1 Å². The molecule has 2 aliphatic heterocycles. The van der Waals surface area contributed by atoms with Gasteiger partial charge in [-0.1, -0.05) is 19.0 Å². The second kappa shape index (κ2) is 7.02. The Bertz CT molecular complexity index is 669. The van der Waals surface area contributed by atoms with Gasteiger partial charge < -0.3 is 14.3 Å². The van der Waals surface area contributed by atoms with E-state index in [0.717, 1.165) is 19.6 Å². The van der Waals surface area contributed by atoms with Crippen LogP contribution in [-0.2, 0) is 4.79 Å². The molecule has 3 heterocycles. The standard InChI is InChI=1S/C19H30N4O3/c1-13(2)12-23-11-10-21(5)18(25)19(23)6-8-22(9-7-19)17(24)16-14(3)20-26-15(16)4/h13H,6-12H2,1-5H3. The van der Waals surface area contributed by atoms with Crippen molar-refractivity contribution in [3.05, 3.63) is 17.0 Å². The monoisotopic (exact) mass is 362 g/mol. The lowest BCUT2D eigenvalue weighted by atomic mass is 9.81. The third-order valence-electron chi connectivity index (χ3n) is 5.77. The molecule has 0 radical (unpaired) electrons. The molecule has 2 aliphatic rings. The third kappa shape index (κ3) is 3.13. The Morgan fingerprint density at radius 1 is 1.19 bits per heavy atom. The van der Waals surface area contributed by atoms with Gasteiger partial charge in [0.2, 0.25) is 5.91 Å². The highest BCUT2D eigenvalue weighted by Gasteiger charge is 2.50. The number of rotatable bonds is 3. The summed E-state index contributed by atoms with van der Waals surface area (Å²) >= 11 is 0. The van der Waals surface area contributed by atoms with Crippen molar-refractivity contribution in [3.63, 3.8) is 0 Å². The van der Waals surface area contributed by atoms with Crippen LogP contribution >= 0.6 is 0 Å². The van der Waals surface area contributed by atoms with E-state index in [4.69, 9.17) is 4.52 Å². The van der Waals surface area contributed by atoms with Gasteiger partial charge in [0, 0.05) is 39.8 Å². The molecule has 7 heteroatoms. The molecule has 1 aromatic rings. The fraction of sp³-hybridized carbons (Fsp3) is 0.737. The van der Waals surface area contributed by atoms with E-state index < -0.39 is 5.54 Å².